The maximum absolute atomic E-state index is 12.7. The van der Waals surface area contributed by atoms with E-state index < -0.39 is 17.3 Å². The van der Waals surface area contributed by atoms with E-state index in [0.717, 1.165) is 18.6 Å². The highest BCUT2D eigenvalue weighted by atomic mass is 19.4. The first-order valence-corrected chi connectivity index (χ1v) is 6.48. The highest BCUT2D eigenvalue weighted by molar-refractivity contribution is 5.31. The van der Waals surface area contributed by atoms with Gasteiger partial charge in [0.2, 0.25) is 0 Å². The number of hydrogen-bond acceptors (Lipinski definition) is 2. The lowest BCUT2D eigenvalue weighted by Gasteiger charge is -2.40. The third kappa shape index (κ3) is 2.77. The molecule has 2 N–H and O–H groups in total. The van der Waals surface area contributed by atoms with Crippen molar-refractivity contribution in [2.24, 2.45) is 5.92 Å². The van der Waals surface area contributed by atoms with E-state index in [2.05, 4.69) is 5.32 Å². The normalized spacial score (nSPS) is 28.4. The van der Waals surface area contributed by atoms with Gasteiger partial charge in [-0.3, -0.25) is 0 Å². The average Bonchev–Trinajstić information content (AvgIpc) is 2.38. The van der Waals surface area contributed by atoms with Gasteiger partial charge in [0.05, 0.1) is 11.2 Å². The van der Waals surface area contributed by atoms with Crippen molar-refractivity contribution in [1.29, 1.82) is 0 Å². The minimum atomic E-state index is -4.37. The van der Waals surface area contributed by atoms with Crippen LogP contribution in [0.5, 0.6) is 0 Å². The Hall–Kier alpha value is -1.07. The molecule has 2 atom stereocenters. The van der Waals surface area contributed by atoms with Gasteiger partial charge in [0.25, 0.3) is 0 Å². The van der Waals surface area contributed by atoms with Crippen LogP contribution in [0.25, 0.3) is 0 Å². The number of rotatable bonds is 2. The predicted octanol–water partition coefficient (Wildman–Crippen LogP) is 2.91. The Balaban J connectivity index is 2.39. The molecule has 0 radical (unpaired) electrons. The minimum absolute atomic E-state index is 0.0651. The van der Waals surface area contributed by atoms with E-state index in [1.54, 1.807) is 6.07 Å². The molecule has 19 heavy (non-hydrogen) atoms. The summed E-state index contributed by atoms with van der Waals surface area (Å²) in [5.41, 5.74) is -1.50. The number of piperidine rings is 1. The topological polar surface area (TPSA) is 32.3 Å². The van der Waals surface area contributed by atoms with Crippen LogP contribution in [-0.4, -0.2) is 18.2 Å². The van der Waals surface area contributed by atoms with Gasteiger partial charge in [-0.25, -0.2) is 0 Å². The molecule has 0 saturated carbocycles. The maximum Gasteiger partial charge on any atom is 0.416 e. The molecule has 0 aliphatic carbocycles. The predicted molar refractivity (Wildman–Crippen MR) is 66.6 cm³/mol. The van der Waals surface area contributed by atoms with Crippen molar-refractivity contribution in [2.45, 2.75) is 31.5 Å². The van der Waals surface area contributed by atoms with Gasteiger partial charge in [-0.05, 0) is 37.1 Å². The first-order chi connectivity index (χ1) is 8.88. The second-order valence-electron chi connectivity index (χ2n) is 5.06. The van der Waals surface area contributed by atoms with Crippen LogP contribution in [0.2, 0.25) is 0 Å². The van der Waals surface area contributed by atoms with Gasteiger partial charge in [0.1, 0.15) is 0 Å². The Morgan fingerprint density at radius 3 is 2.79 bits per heavy atom. The summed E-state index contributed by atoms with van der Waals surface area (Å²) in [4.78, 5) is 0. The Kier molecular flexibility index (Phi) is 3.87. The summed E-state index contributed by atoms with van der Waals surface area (Å²) in [5.74, 6) is -0.0651. The fraction of sp³-hybridized carbons (Fsp3) is 0.571. The van der Waals surface area contributed by atoms with Gasteiger partial charge in [0.15, 0.2) is 0 Å². The lowest BCUT2D eigenvalue weighted by molar-refractivity contribution is -0.137. The van der Waals surface area contributed by atoms with Crippen LogP contribution >= 0.6 is 0 Å². The van der Waals surface area contributed by atoms with Crippen molar-refractivity contribution < 1.29 is 18.3 Å². The van der Waals surface area contributed by atoms with Gasteiger partial charge in [0, 0.05) is 12.5 Å². The molecule has 0 aromatic heterocycles. The Morgan fingerprint density at radius 1 is 1.42 bits per heavy atom. The molecule has 2 unspecified atom stereocenters. The summed E-state index contributed by atoms with van der Waals surface area (Å²) < 4.78 is 38.2. The van der Waals surface area contributed by atoms with Crippen molar-refractivity contribution in [3.8, 4) is 0 Å². The molecule has 1 aromatic carbocycles. The average molecular weight is 273 g/mol. The summed E-state index contributed by atoms with van der Waals surface area (Å²) >= 11 is 0. The van der Waals surface area contributed by atoms with E-state index in [-0.39, 0.29) is 5.92 Å². The second kappa shape index (κ2) is 5.13. The van der Waals surface area contributed by atoms with Crippen LogP contribution in [0.15, 0.2) is 24.3 Å². The monoisotopic (exact) mass is 273 g/mol. The number of alkyl halides is 3. The SMILES string of the molecule is CCC1CNCCC1(O)c1cccc(C(F)(F)F)c1. The van der Waals surface area contributed by atoms with Gasteiger partial charge < -0.3 is 10.4 Å². The van der Waals surface area contributed by atoms with E-state index >= 15 is 0 Å². The fourth-order valence-corrected chi connectivity index (χ4v) is 2.76. The quantitative estimate of drug-likeness (QED) is 0.868. The highest BCUT2D eigenvalue weighted by Gasteiger charge is 2.40. The molecule has 1 heterocycles. The lowest BCUT2D eigenvalue weighted by atomic mass is 9.75. The molecule has 1 saturated heterocycles. The minimum Gasteiger partial charge on any atom is -0.385 e. The zero-order valence-corrected chi connectivity index (χ0v) is 10.8. The van der Waals surface area contributed by atoms with Crippen molar-refractivity contribution in [1.82, 2.24) is 5.32 Å². The van der Waals surface area contributed by atoms with Crippen LogP contribution in [0.4, 0.5) is 13.2 Å². The molecule has 5 heteroatoms. The molecule has 1 aliphatic rings. The fourth-order valence-electron chi connectivity index (χ4n) is 2.76. The summed E-state index contributed by atoms with van der Waals surface area (Å²) in [5, 5.41) is 14.0. The Morgan fingerprint density at radius 2 is 2.16 bits per heavy atom. The third-order valence-electron chi connectivity index (χ3n) is 3.93. The van der Waals surface area contributed by atoms with Gasteiger partial charge in [-0.2, -0.15) is 13.2 Å². The molecule has 106 valence electrons. The summed E-state index contributed by atoms with van der Waals surface area (Å²) in [6, 6.07) is 5.07. The van der Waals surface area contributed by atoms with Crippen LogP contribution in [-0.2, 0) is 11.8 Å². The van der Waals surface area contributed by atoms with E-state index in [9.17, 15) is 18.3 Å². The van der Waals surface area contributed by atoms with Gasteiger partial charge in [-0.1, -0.05) is 19.1 Å². The number of nitrogens with one attached hydrogen (secondary N) is 1. The zero-order valence-electron chi connectivity index (χ0n) is 10.8. The molecule has 0 bridgehead atoms. The largest absolute Gasteiger partial charge is 0.416 e. The molecule has 2 nitrogen and oxygen atoms in total. The first kappa shape index (κ1) is 14.3. The first-order valence-electron chi connectivity index (χ1n) is 6.48. The highest BCUT2D eigenvalue weighted by Crippen LogP contribution is 2.39. The molecular weight excluding hydrogens is 255 g/mol. The van der Waals surface area contributed by atoms with Crippen LogP contribution in [0, 0.1) is 5.92 Å². The zero-order chi connectivity index (χ0) is 14.1. The van der Waals surface area contributed by atoms with Gasteiger partial charge >= 0.3 is 6.18 Å². The number of aliphatic hydroxyl groups is 1. The Bertz CT molecular complexity index is 447. The number of benzene rings is 1. The summed E-state index contributed by atoms with van der Waals surface area (Å²) in [6.45, 7) is 3.18. The van der Waals surface area contributed by atoms with Crippen molar-refractivity contribution in [3.63, 3.8) is 0 Å². The molecule has 0 amide bonds. The molecule has 0 spiro atoms. The van der Waals surface area contributed by atoms with Crippen LogP contribution in [0.3, 0.4) is 0 Å². The molecule has 1 fully saturated rings. The van der Waals surface area contributed by atoms with Gasteiger partial charge in [-0.15, -0.1) is 0 Å². The number of hydrogen-bond donors (Lipinski definition) is 2. The molecular formula is C14H18F3NO. The van der Waals surface area contributed by atoms with Crippen molar-refractivity contribution in [2.75, 3.05) is 13.1 Å². The molecule has 2 rings (SSSR count). The van der Waals surface area contributed by atoms with Crippen LogP contribution < -0.4 is 5.32 Å². The molecule has 1 aromatic rings. The second-order valence-corrected chi connectivity index (χ2v) is 5.06. The number of halogens is 3. The standard InChI is InChI=1S/C14H18F3NO/c1-2-10-9-18-7-6-13(10,19)11-4-3-5-12(8-11)14(15,16)17/h3-5,8,10,18-19H,2,6-7,9H2,1H3. The maximum atomic E-state index is 12.7. The van der Waals surface area contributed by atoms with Crippen molar-refractivity contribution >= 4 is 0 Å². The summed E-state index contributed by atoms with van der Waals surface area (Å²) in [7, 11) is 0. The van der Waals surface area contributed by atoms with E-state index in [1.165, 1.54) is 6.07 Å². The van der Waals surface area contributed by atoms with E-state index in [0.29, 0.717) is 25.1 Å². The molecule has 1 aliphatic heterocycles. The van der Waals surface area contributed by atoms with E-state index in [1.807, 2.05) is 6.92 Å². The van der Waals surface area contributed by atoms with Crippen molar-refractivity contribution in [3.05, 3.63) is 35.4 Å². The summed E-state index contributed by atoms with van der Waals surface area (Å²) in [6.07, 6.45) is -3.21. The third-order valence-corrected chi connectivity index (χ3v) is 3.93. The lowest BCUT2D eigenvalue weighted by Crippen LogP contribution is -2.47. The van der Waals surface area contributed by atoms with E-state index in [4.69, 9.17) is 0 Å². The Labute approximate surface area is 110 Å². The van der Waals surface area contributed by atoms with Crippen LogP contribution in [0.1, 0.15) is 30.9 Å². The smallest absolute Gasteiger partial charge is 0.385 e.